The van der Waals surface area contributed by atoms with Gasteiger partial charge in [-0.2, -0.15) is 0 Å². The number of hydrogen-bond acceptors (Lipinski definition) is 2. The summed E-state index contributed by atoms with van der Waals surface area (Å²) in [7, 11) is 1.70. The van der Waals surface area contributed by atoms with Gasteiger partial charge in [0.15, 0.2) is 0 Å². The summed E-state index contributed by atoms with van der Waals surface area (Å²) < 4.78 is 7.58. The molecule has 0 radical (unpaired) electrons. The molecule has 1 aromatic rings. The number of ether oxygens (including phenoxy) is 1. The number of benzene rings is 1. The van der Waals surface area contributed by atoms with Crippen molar-refractivity contribution in [3.05, 3.63) is 28.2 Å². The van der Waals surface area contributed by atoms with Crippen molar-refractivity contribution in [2.24, 2.45) is 0 Å². The summed E-state index contributed by atoms with van der Waals surface area (Å²) in [6.07, 6.45) is 2.53. The van der Waals surface area contributed by atoms with Crippen molar-refractivity contribution in [2.45, 2.75) is 19.4 Å². The SMILES string of the molecule is COc1ccc(Br)c(CNCCCCI)c1. The first-order valence-electron chi connectivity index (χ1n) is 5.37. The van der Waals surface area contributed by atoms with Gasteiger partial charge in [-0.25, -0.2) is 0 Å². The van der Waals surface area contributed by atoms with Gasteiger partial charge in [-0.05, 0) is 47.6 Å². The van der Waals surface area contributed by atoms with E-state index < -0.39 is 0 Å². The molecule has 0 aliphatic heterocycles. The second-order valence-corrected chi connectivity index (χ2v) is 5.46. The molecule has 4 heteroatoms. The van der Waals surface area contributed by atoms with Crippen LogP contribution in [-0.4, -0.2) is 18.1 Å². The fourth-order valence-electron chi connectivity index (χ4n) is 1.38. The highest BCUT2D eigenvalue weighted by Crippen LogP contribution is 2.22. The smallest absolute Gasteiger partial charge is 0.119 e. The van der Waals surface area contributed by atoms with E-state index in [1.807, 2.05) is 12.1 Å². The van der Waals surface area contributed by atoms with E-state index in [4.69, 9.17) is 4.74 Å². The van der Waals surface area contributed by atoms with E-state index in [1.165, 1.54) is 22.8 Å². The van der Waals surface area contributed by atoms with E-state index in [2.05, 4.69) is 49.9 Å². The maximum atomic E-state index is 5.21. The Kier molecular flexibility index (Phi) is 7.40. The Morgan fingerprint density at radius 1 is 1.38 bits per heavy atom. The molecule has 0 bridgehead atoms. The first-order chi connectivity index (χ1) is 7.77. The van der Waals surface area contributed by atoms with Gasteiger partial charge >= 0.3 is 0 Å². The van der Waals surface area contributed by atoms with Crippen LogP contribution in [0.5, 0.6) is 5.75 Å². The molecule has 1 rings (SSSR count). The zero-order valence-corrected chi connectivity index (χ0v) is 13.2. The number of rotatable bonds is 7. The van der Waals surface area contributed by atoms with Crippen molar-refractivity contribution in [1.82, 2.24) is 5.32 Å². The van der Waals surface area contributed by atoms with Crippen molar-refractivity contribution in [3.8, 4) is 5.75 Å². The number of alkyl halides is 1. The van der Waals surface area contributed by atoms with Crippen LogP contribution in [0.3, 0.4) is 0 Å². The zero-order chi connectivity index (χ0) is 11.8. The molecule has 0 aromatic heterocycles. The Balaban J connectivity index is 2.40. The largest absolute Gasteiger partial charge is 0.497 e. The summed E-state index contributed by atoms with van der Waals surface area (Å²) >= 11 is 5.96. The number of hydrogen-bond donors (Lipinski definition) is 1. The third-order valence-corrected chi connectivity index (χ3v) is 3.84. The van der Waals surface area contributed by atoms with Crippen LogP contribution in [0.1, 0.15) is 18.4 Å². The molecule has 0 fully saturated rings. The topological polar surface area (TPSA) is 21.3 Å². The maximum Gasteiger partial charge on any atom is 0.119 e. The summed E-state index contributed by atoms with van der Waals surface area (Å²) in [4.78, 5) is 0. The molecule has 1 N–H and O–H groups in total. The van der Waals surface area contributed by atoms with Gasteiger partial charge in [-0.15, -0.1) is 0 Å². The molecule has 0 atom stereocenters. The fraction of sp³-hybridized carbons (Fsp3) is 0.500. The first kappa shape index (κ1) is 14.3. The molecule has 0 saturated heterocycles. The lowest BCUT2D eigenvalue weighted by molar-refractivity contribution is 0.414. The lowest BCUT2D eigenvalue weighted by Crippen LogP contribution is -2.15. The third-order valence-electron chi connectivity index (χ3n) is 2.31. The molecule has 0 aliphatic carbocycles. The van der Waals surface area contributed by atoms with Gasteiger partial charge in [0.05, 0.1) is 7.11 Å². The molecule has 0 unspecified atom stereocenters. The Morgan fingerprint density at radius 3 is 2.88 bits per heavy atom. The maximum absolute atomic E-state index is 5.21. The van der Waals surface area contributed by atoms with E-state index in [9.17, 15) is 0 Å². The van der Waals surface area contributed by atoms with Crippen LogP contribution in [-0.2, 0) is 6.54 Å². The van der Waals surface area contributed by atoms with E-state index in [-0.39, 0.29) is 0 Å². The average Bonchev–Trinajstić information content (AvgIpc) is 2.31. The van der Waals surface area contributed by atoms with Crippen LogP contribution in [0.25, 0.3) is 0 Å². The quantitative estimate of drug-likeness (QED) is 0.429. The van der Waals surface area contributed by atoms with Gasteiger partial charge in [0.2, 0.25) is 0 Å². The molecular formula is C12H17BrINO. The number of methoxy groups -OCH3 is 1. The first-order valence-corrected chi connectivity index (χ1v) is 7.69. The average molecular weight is 398 g/mol. The summed E-state index contributed by atoms with van der Waals surface area (Å²) in [6.45, 7) is 1.96. The standard InChI is InChI=1S/C12H17BrINO/c1-16-11-4-5-12(13)10(8-11)9-15-7-3-2-6-14/h4-5,8,15H,2-3,6-7,9H2,1H3. The summed E-state index contributed by atoms with van der Waals surface area (Å²) in [5.74, 6) is 0.910. The van der Waals surface area contributed by atoms with Crippen LogP contribution < -0.4 is 10.1 Å². The Hall–Kier alpha value is 0.190. The summed E-state index contributed by atoms with van der Waals surface area (Å²) in [5.41, 5.74) is 1.24. The minimum atomic E-state index is 0.888. The lowest BCUT2D eigenvalue weighted by atomic mass is 10.2. The predicted octanol–water partition coefficient (Wildman–Crippen LogP) is 3.76. The van der Waals surface area contributed by atoms with Crippen LogP contribution in [0, 0.1) is 0 Å². The van der Waals surface area contributed by atoms with Gasteiger partial charge < -0.3 is 10.1 Å². The van der Waals surface area contributed by atoms with Crippen LogP contribution in [0.4, 0.5) is 0 Å². The molecular weight excluding hydrogens is 381 g/mol. The molecule has 0 aliphatic rings. The van der Waals surface area contributed by atoms with Crippen molar-refractivity contribution in [2.75, 3.05) is 18.1 Å². The second kappa shape index (κ2) is 8.31. The molecule has 0 heterocycles. The number of halogens is 2. The molecule has 90 valence electrons. The highest BCUT2D eigenvalue weighted by molar-refractivity contribution is 14.1. The molecule has 0 amide bonds. The zero-order valence-electron chi connectivity index (χ0n) is 9.43. The van der Waals surface area contributed by atoms with Crippen LogP contribution in [0.2, 0.25) is 0 Å². The van der Waals surface area contributed by atoms with Gasteiger partial charge in [-0.3, -0.25) is 0 Å². The van der Waals surface area contributed by atoms with Gasteiger partial charge in [-0.1, -0.05) is 38.5 Å². The van der Waals surface area contributed by atoms with Crippen molar-refractivity contribution < 1.29 is 4.74 Å². The molecule has 2 nitrogen and oxygen atoms in total. The summed E-state index contributed by atoms with van der Waals surface area (Å²) in [6, 6.07) is 6.06. The second-order valence-electron chi connectivity index (χ2n) is 3.53. The molecule has 1 aromatic carbocycles. The molecule has 0 spiro atoms. The van der Waals surface area contributed by atoms with Crippen molar-refractivity contribution >= 4 is 38.5 Å². The van der Waals surface area contributed by atoms with Crippen LogP contribution in [0.15, 0.2) is 22.7 Å². The normalized spacial score (nSPS) is 10.4. The van der Waals surface area contributed by atoms with Gasteiger partial charge in [0.25, 0.3) is 0 Å². The monoisotopic (exact) mass is 397 g/mol. The van der Waals surface area contributed by atoms with E-state index in [0.29, 0.717) is 0 Å². The Labute approximate surface area is 119 Å². The minimum Gasteiger partial charge on any atom is -0.497 e. The predicted molar refractivity (Wildman–Crippen MR) is 80.5 cm³/mol. The Morgan fingerprint density at radius 2 is 2.19 bits per heavy atom. The number of nitrogens with one attached hydrogen (secondary N) is 1. The van der Waals surface area contributed by atoms with Crippen LogP contribution >= 0.6 is 38.5 Å². The summed E-state index contributed by atoms with van der Waals surface area (Å²) in [5, 5.41) is 3.44. The highest BCUT2D eigenvalue weighted by Gasteiger charge is 2.01. The van der Waals surface area contributed by atoms with E-state index >= 15 is 0 Å². The number of unbranched alkanes of at least 4 members (excludes halogenated alkanes) is 1. The molecule has 0 saturated carbocycles. The lowest BCUT2D eigenvalue weighted by Gasteiger charge is -2.08. The van der Waals surface area contributed by atoms with E-state index in [0.717, 1.165) is 23.3 Å². The van der Waals surface area contributed by atoms with E-state index in [1.54, 1.807) is 7.11 Å². The fourth-order valence-corrected chi connectivity index (χ4v) is 2.31. The minimum absolute atomic E-state index is 0.888. The van der Waals surface area contributed by atoms with Gasteiger partial charge in [0, 0.05) is 11.0 Å². The third kappa shape index (κ3) is 5.01. The van der Waals surface area contributed by atoms with Crippen molar-refractivity contribution in [3.63, 3.8) is 0 Å². The van der Waals surface area contributed by atoms with Crippen molar-refractivity contribution in [1.29, 1.82) is 0 Å². The highest BCUT2D eigenvalue weighted by atomic mass is 127. The molecule has 16 heavy (non-hydrogen) atoms. The Bertz CT molecular complexity index is 320. The van der Waals surface area contributed by atoms with Gasteiger partial charge in [0.1, 0.15) is 5.75 Å².